The number of nitrogens with one attached hydrogen (secondary N) is 1. The Morgan fingerprint density at radius 1 is 1.14 bits per heavy atom. The highest BCUT2D eigenvalue weighted by Gasteiger charge is 2.36. The van der Waals surface area contributed by atoms with E-state index in [1.807, 2.05) is 42.5 Å². The summed E-state index contributed by atoms with van der Waals surface area (Å²) in [5.74, 6) is 0.209. The number of nitrogens with two attached hydrogens (primary N) is 1. The molecule has 0 bridgehead atoms. The Kier molecular flexibility index (Phi) is 6.33. The Bertz CT molecular complexity index is 929. The number of carbonyl (C=O) groups excluding carboxylic acids is 1. The van der Waals surface area contributed by atoms with Gasteiger partial charge in [0, 0.05) is 28.4 Å². The molecule has 1 aliphatic carbocycles. The molecule has 3 aromatic rings. The van der Waals surface area contributed by atoms with Gasteiger partial charge >= 0.3 is 0 Å². The second kappa shape index (κ2) is 8.56. The number of furan rings is 1. The van der Waals surface area contributed by atoms with Crippen LogP contribution in [0.3, 0.4) is 0 Å². The van der Waals surface area contributed by atoms with Gasteiger partial charge in [-0.1, -0.05) is 41.9 Å². The van der Waals surface area contributed by atoms with E-state index >= 15 is 0 Å². The molecule has 1 aliphatic rings. The van der Waals surface area contributed by atoms with Crippen molar-refractivity contribution in [3.8, 4) is 0 Å². The van der Waals surface area contributed by atoms with E-state index in [0.29, 0.717) is 12.3 Å². The van der Waals surface area contributed by atoms with Crippen LogP contribution in [0.4, 0.5) is 0 Å². The second-order valence-electron chi connectivity index (χ2n) is 7.39. The molecule has 0 aliphatic heterocycles. The van der Waals surface area contributed by atoms with E-state index in [2.05, 4.69) is 11.4 Å². The summed E-state index contributed by atoms with van der Waals surface area (Å²) in [5.41, 5.74) is 8.02. The molecular weight excluding hydrogens is 395 g/mol. The minimum Gasteiger partial charge on any atom is -0.451 e. The molecule has 0 spiro atoms. The topological polar surface area (TPSA) is 68.3 Å². The lowest BCUT2D eigenvalue weighted by molar-refractivity contribution is 0.0892. The molecule has 0 unspecified atom stereocenters. The first kappa shape index (κ1) is 20.7. The van der Waals surface area contributed by atoms with Gasteiger partial charge in [0.25, 0.3) is 5.91 Å². The van der Waals surface area contributed by atoms with Crippen molar-refractivity contribution >= 4 is 40.9 Å². The maximum atomic E-state index is 12.6. The minimum atomic E-state index is -0.154. The van der Waals surface area contributed by atoms with Crippen LogP contribution in [0.5, 0.6) is 0 Å². The van der Waals surface area contributed by atoms with Crippen molar-refractivity contribution in [3.63, 3.8) is 0 Å². The zero-order chi connectivity index (χ0) is 18.9. The normalized spacial score (nSPS) is 21.9. The van der Waals surface area contributed by atoms with Crippen molar-refractivity contribution in [2.75, 3.05) is 6.54 Å². The van der Waals surface area contributed by atoms with E-state index in [4.69, 9.17) is 21.8 Å². The predicted octanol–water partition coefficient (Wildman–Crippen LogP) is 5.08. The molecule has 0 saturated heterocycles. The largest absolute Gasteiger partial charge is 0.451 e. The minimum absolute atomic E-state index is 0. The third-order valence-corrected chi connectivity index (χ3v) is 5.99. The summed E-state index contributed by atoms with van der Waals surface area (Å²) in [6.07, 6.45) is 3.62. The number of rotatable bonds is 4. The van der Waals surface area contributed by atoms with E-state index < -0.39 is 0 Å². The highest BCUT2D eigenvalue weighted by molar-refractivity contribution is 6.30. The molecule has 4 rings (SSSR count). The lowest BCUT2D eigenvalue weighted by Crippen LogP contribution is -2.45. The second-order valence-corrected chi connectivity index (χ2v) is 7.83. The Hall–Kier alpha value is -2.01. The molecule has 1 heterocycles. The van der Waals surface area contributed by atoms with Gasteiger partial charge in [0.1, 0.15) is 5.58 Å². The summed E-state index contributed by atoms with van der Waals surface area (Å²) >= 11 is 6.17. The van der Waals surface area contributed by atoms with Crippen molar-refractivity contribution in [1.29, 1.82) is 0 Å². The Morgan fingerprint density at radius 2 is 1.89 bits per heavy atom. The summed E-state index contributed by atoms with van der Waals surface area (Å²) < 4.78 is 5.67. The maximum absolute atomic E-state index is 12.6. The average molecular weight is 419 g/mol. The van der Waals surface area contributed by atoms with Gasteiger partial charge in [0.2, 0.25) is 0 Å². The molecule has 2 aromatic carbocycles. The molecule has 1 fully saturated rings. The summed E-state index contributed by atoms with van der Waals surface area (Å²) in [5, 5.41) is 4.80. The van der Waals surface area contributed by atoms with Gasteiger partial charge in [-0.3, -0.25) is 4.79 Å². The monoisotopic (exact) mass is 418 g/mol. The fraction of sp³-hybridized carbons (Fsp3) is 0.318. The molecule has 4 nitrogen and oxygen atoms in total. The first-order valence-corrected chi connectivity index (χ1v) is 9.73. The quantitative estimate of drug-likeness (QED) is 0.620. The third-order valence-electron chi connectivity index (χ3n) is 5.75. The van der Waals surface area contributed by atoms with Gasteiger partial charge in [-0.15, -0.1) is 12.4 Å². The van der Waals surface area contributed by atoms with Crippen LogP contribution in [0.15, 0.2) is 59.0 Å². The van der Waals surface area contributed by atoms with Crippen molar-refractivity contribution < 1.29 is 9.21 Å². The zero-order valence-corrected chi connectivity index (χ0v) is 17.1. The van der Waals surface area contributed by atoms with Crippen molar-refractivity contribution in [2.45, 2.75) is 37.1 Å². The van der Waals surface area contributed by atoms with Crippen LogP contribution in [-0.4, -0.2) is 18.5 Å². The van der Waals surface area contributed by atoms with Gasteiger partial charge in [0.05, 0.1) is 0 Å². The Labute approximate surface area is 175 Å². The highest BCUT2D eigenvalue weighted by Crippen LogP contribution is 2.39. The Balaban J connectivity index is 0.00000225. The molecule has 1 aromatic heterocycles. The van der Waals surface area contributed by atoms with Gasteiger partial charge < -0.3 is 15.5 Å². The van der Waals surface area contributed by atoms with Gasteiger partial charge in [-0.2, -0.15) is 0 Å². The van der Waals surface area contributed by atoms with Crippen LogP contribution in [0, 0.1) is 0 Å². The number of benzene rings is 2. The summed E-state index contributed by atoms with van der Waals surface area (Å²) in [7, 11) is 0. The summed E-state index contributed by atoms with van der Waals surface area (Å²) in [6.45, 7) is 0.581. The first-order chi connectivity index (χ1) is 13.1. The third kappa shape index (κ3) is 4.04. The van der Waals surface area contributed by atoms with E-state index in [1.165, 1.54) is 5.56 Å². The van der Waals surface area contributed by atoms with Gasteiger partial charge in [0.15, 0.2) is 5.76 Å². The van der Waals surface area contributed by atoms with E-state index in [-0.39, 0.29) is 29.8 Å². The van der Waals surface area contributed by atoms with Crippen LogP contribution < -0.4 is 11.1 Å². The van der Waals surface area contributed by atoms with E-state index in [1.54, 1.807) is 6.07 Å². The van der Waals surface area contributed by atoms with Crippen molar-refractivity contribution in [3.05, 3.63) is 70.9 Å². The number of hydrogen-bond donors (Lipinski definition) is 2. The molecule has 3 N–H and O–H groups in total. The average Bonchev–Trinajstić information content (AvgIpc) is 3.13. The van der Waals surface area contributed by atoms with Crippen molar-refractivity contribution in [1.82, 2.24) is 5.32 Å². The Morgan fingerprint density at radius 3 is 2.57 bits per heavy atom. The fourth-order valence-electron chi connectivity index (χ4n) is 4.09. The van der Waals surface area contributed by atoms with E-state index in [0.717, 1.165) is 41.7 Å². The standard InChI is InChI=1S/C22H23ClN2O2.ClH/c23-17-6-3-5-16(13-17)22(14-24)10-8-18(9-11-22)25-21(26)20-12-15-4-1-2-7-19(15)27-20;/h1-7,12-13,18H,8-11,14,24H2,(H,25,26);1H. The van der Waals surface area contributed by atoms with Crippen LogP contribution in [0.1, 0.15) is 41.8 Å². The molecule has 1 saturated carbocycles. The molecular formula is C22H24Cl2N2O2. The van der Waals surface area contributed by atoms with Crippen LogP contribution in [0.2, 0.25) is 5.02 Å². The van der Waals surface area contributed by atoms with Crippen LogP contribution in [0.25, 0.3) is 11.0 Å². The smallest absolute Gasteiger partial charge is 0.287 e. The zero-order valence-electron chi connectivity index (χ0n) is 15.5. The maximum Gasteiger partial charge on any atom is 0.287 e. The van der Waals surface area contributed by atoms with Crippen molar-refractivity contribution in [2.24, 2.45) is 5.73 Å². The number of carbonyl (C=O) groups is 1. The highest BCUT2D eigenvalue weighted by atomic mass is 35.5. The predicted molar refractivity (Wildman–Crippen MR) is 115 cm³/mol. The van der Waals surface area contributed by atoms with Crippen LogP contribution in [-0.2, 0) is 5.41 Å². The van der Waals surface area contributed by atoms with E-state index in [9.17, 15) is 4.79 Å². The number of hydrogen-bond acceptors (Lipinski definition) is 3. The first-order valence-electron chi connectivity index (χ1n) is 9.35. The summed E-state index contributed by atoms with van der Waals surface area (Å²) in [4.78, 5) is 12.6. The van der Waals surface area contributed by atoms with Gasteiger partial charge in [-0.05, 0) is 55.5 Å². The number of amides is 1. The molecule has 0 radical (unpaired) electrons. The lowest BCUT2D eigenvalue weighted by atomic mass is 9.68. The molecule has 6 heteroatoms. The summed E-state index contributed by atoms with van der Waals surface area (Å²) in [6, 6.07) is 17.5. The number of halogens is 2. The molecule has 28 heavy (non-hydrogen) atoms. The fourth-order valence-corrected chi connectivity index (χ4v) is 4.28. The number of para-hydroxylation sites is 1. The lowest BCUT2D eigenvalue weighted by Gasteiger charge is -2.40. The molecule has 0 atom stereocenters. The SMILES string of the molecule is Cl.NCC1(c2cccc(Cl)c2)CCC(NC(=O)c2cc3ccccc3o2)CC1. The number of fused-ring (bicyclic) bond motifs is 1. The van der Waals surface area contributed by atoms with Crippen LogP contribution >= 0.6 is 24.0 Å². The van der Waals surface area contributed by atoms with Gasteiger partial charge in [-0.25, -0.2) is 0 Å². The molecule has 148 valence electrons. The molecule has 1 amide bonds.